The van der Waals surface area contributed by atoms with Gasteiger partial charge < -0.3 is 15.2 Å². The Labute approximate surface area is 249 Å². The van der Waals surface area contributed by atoms with E-state index in [0.29, 0.717) is 17.9 Å². The molecular formula is C30H37N3O6S2. The molecule has 2 aliphatic heterocycles. The van der Waals surface area contributed by atoms with E-state index in [-0.39, 0.29) is 36.0 Å². The van der Waals surface area contributed by atoms with Gasteiger partial charge in [0.1, 0.15) is 23.0 Å². The molecule has 1 fully saturated rings. The SMILES string of the molecule is CC(C)(C)C(=O)CC(=O)C(C)(C)C.O=C(Cc1cccs1)N[C@@H]1C(=O)N2C(C(=O)[O-])=C(C[n+]3ccccc3)CS[C@H]12. The van der Waals surface area contributed by atoms with E-state index in [1.807, 2.05) is 94.2 Å². The molecule has 0 spiro atoms. The molecule has 1 saturated heterocycles. The molecule has 2 aromatic rings. The maximum Gasteiger partial charge on any atom is 0.253 e. The van der Waals surface area contributed by atoms with E-state index < -0.39 is 34.1 Å². The Morgan fingerprint density at radius 3 is 2.12 bits per heavy atom. The molecule has 0 aliphatic carbocycles. The van der Waals surface area contributed by atoms with E-state index in [9.17, 15) is 29.1 Å². The van der Waals surface area contributed by atoms with Crippen LogP contribution in [-0.2, 0) is 36.9 Å². The lowest BCUT2D eigenvalue weighted by Crippen LogP contribution is -2.71. The highest BCUT2D eigenvalue weighted by molar-refractivity contribution is 8.00. The fourth-order valence-corrected chi connectivity index (χ4v) is 6.06. The molecule has 2 aliphatic rings. The van der Waals surface area contributed by atoms with E-state index >= 15 is 0 Å². The third kappa shape index (κ3) is 8.36. The van der Waals surface area contributed by atoms with Crippen molar-refractivity contribution in [3.05, 3.63) is 64.3 Å². The van der Waals surface area contributed by atoms with Gasteiger partial charge in [0.2, 0.25) is 5.91 Å². The molecule has 4 rings (SSSR count). The number of aromatic nitrogens is 1. The highest BCUT2D eigenvalue weighted by Gasteiger charge is 2.53. The fourth-order valence-electron chi connectivity index (χ4n) is 4.03. The number of amides is 2. The second-order valence-corrected chi connectivity index (χ2v) is 14.2. The van der Waals surface area contributed by atoms with Crippen molar-refractivity contribution in [3.8, 4) is 0 Å². The summed E-state index contributed by atoms with van der Waals surface area (Å²) in [6.45, 7) is 11.4. The van der Waals surface area contributed by atoms with Gasteiger partial charge in [0.15, 0.2) is 18.9 Å². The van der Waals surface area contributed by atoms with Crippen LogP contribution in [0.25, 0.3) is 0 Å². The summed E-state index contributed by atoms with van der Waals surface area (Å²) in [5.41, 5.74) is -0.259. The van der Waals surface area contributed by atoms with Crippen LogP contribution in [0.1, 0.15) is 52.8 Å². The Morgan fingerprint density at radius 1 is 1.00 bits per heavy atom. The zero-order valence-electron chi connectivity index (χ0n) is 24.3. The molecule has 220 valence electrons. The van der Waals surface area contributed by atoms with Crippen LogP contribution < -0.4 is 15.0 Å². The Hall–Kier alpha value is -3.31. The van der Waals surface area contributed by atoms with Crippen molar-refractivity contribution in [2.75, 3.05) is 5.75 Å². The summed E-state index contributed by atoms with van der Waals surface area (Å²) in [4.78, 5) is 61.8. The third-order valence-electron chi connectivity index (χ3n) is 6.62. The first kappa shape index (κ1) is 32.2. The number of carbonyl (C=O) groups excluding carboxylic acids is 5. The van der Waals surface area contributed by atoms with Crippen LogP contribution in [0, 0.1) is 10.8 Å². The molecule has 9 nitrogen and oxygen atoms in total. The number of hydrogen-bond acceptors (Lipinski definition) is 8. The van der Waals surface area contributed by atoms with Crippen LogP contribution in [0.5, 0.6) is 0 Å². The number of fused-ring (bicyclic) bond motifs is 1. The average Bonchev–Trinajstić information content (AvgIpc) is 3.39. The number of Topliss-reactive ketones (excluding diaryl/α,β-unsaturated/α-hetero) is 2. The molecule has 0 unspecified atom stereocenters. The zero-order valence-corrected chi connectivity index (χ0v) is 25.9. The Kier molecular flexibility index (Phi) is 10.3. The molecule has 0 aromatic carbocycles. The predicted molar refractivity (Wildman–Crippen MR) is 155 cm³/mol. The highest BCUT2D eigenvalue weighted by Crippen LogP contribution is 2.40. The number of hydrogen-bond donors (Lipinski definition) is 1. The lowest BCUT2D eigenvalue weighted by atomic mass is 9.82. The maximum atomic E-state index is 12.6. The first-order chi connectivity index (χ1) is 19.1. The molecule has 41 heavy (non-hydrogen) atoms. The highest BCUT2D eigenvalue weighted by atomic mass is 32.2. The van der Waals surface area contributed by atoms with Gasteiger partial charge in [-0.15, -0.1) is 23.1 Å². The monoisotopic (exact) mass is 599 g/mol. The number of ketones is 2. The van der Waals surface area contributed by atoms with Gasteiger partial charge in [0.25, 0.3) is 5.91 Å². The van der Waals surface area contributed by atoms with Crippen LogP contribution in [0.2, 0.25) is 0 Å². The molecule has 2 atom stereocenters. The van der Waals surface area contributed by atoms with Gasteiger partial charge in [-0.1, -0.05) is 53.7 Å². The summed E-state index contributed by atoms with van der Waals surface area (Å²) in [6, 6.07) is 8.59. The van der Waals surface area contributed by atoms with Gasteiger partial charge in [0, 0.05) is 39.2 Å². The number of nitrogens with zero attached hydrogens (tertiary/aromatic N) is 2. The number of β-lactam (4-membered cyclic amide) rings is 1. The van der Waals surface area contributed by atoms with E-state index in [1.165, 1.54) is 28.0 Å². The Balaban J connectivity index is 0.000000302. The van der Waals surface area contributed by atoms with Gasteiger partial charge in [-0.25, -0.2) is 4.57 Å². The smallest absolute Gasteiger partial charge is 0.253 e. The standard InChI is InChI=1S/C19H17N3O4S2.C11H20O2/c23-14(9-13-5-4-8-27-13)20-15-17(24)22-16(19(25)26)12(11-28-18(15)22)10-21-6-2-1-3-7-21;1-10(2,3)8(12)7-9(13)11(4,5)6/h1-8,15,18H,9-11H2,(H-,20,23,25,26);7H2,1-6H3/t15-,18-;/m1./s1. The number of rotatable bonds is 8. The number of thioether (sulfide) groups is 1. The van der Waals surface area contributed by atoms with Crippen molar-refractivity contribution in [1.82, 2.24) is 10.2 Å². The lowest BCUT2D eigenvalue weighted by Gasteiger charge is -2.50. The van der Waals surface area contributed by atoms with Crippen LogP contribution >= 0.6 is 23.1 Å². The van der Waals surface area contributed by atoms with Crippen molar-refractivity contribution in [1.29, 1.82) is 0 Å². The quantitative estimate of drug-likeness (QED) is 0.280. The minimum Gasteiger partial charge on any atom is -0.543 e. The van der Waals surface area contributed by atoms with Crippen molar-refractivity contribution < 1.29 is 33.6 Å². The predicted octanol–water partition coefficient (Wildman–Crippen LogP) is 2.29. The minimum atomic E-state index is -1.37. The number of carboxylic acids is 1. The first-order valence-corrected chi connectivity index (χ1v) is 15.2. The average molecular weight is 600 g/mol. The van der Waals surface area contributed by atoms with Crippen LogP contribution in [-0.4, -0.2) is 51.4 Å². The number of carbonyl (C=O) groups is 5. The van der Waals surface area contributed by atoms with Crippen LogP contribution in [0.3, 0.4) is 0 Å². The van der Waals surface area contributed by atoms with E-state index in [4.69, 9.17) is 0 Å². The summed E-state index contributed by atoms with van der Waals surface area (Å²) in [6.07, 6.45) is 3.94. The number of carboxylic acid groups (broad SMARTS) is 1. The van der Waals surface area contributed by atoms with Gasteiger partial charge in [0.05, 0.1) is 24.5 Å². The van der Waals surface area contributed by atoms with Crippen LogP contribution in [0.15, 0.2) is 59.4 Å². The molecule has 0 bridgehead atoms. The fraction of sp³-hybridized carbons (Fsp3) is 0.467. The van der Waals surface area contributed by atoms with Gasteiger partial charge >= 0.3 is 0 Å². The largest absolute Gasteiger partial charge is 0.543 e. The summed E-state index contributed by atoms with van der Waals surface area (Å²) < 4.78 is 1.85. The van der Waals surface area contributed by atoms with Crippen LogP contribution in [0.4, 0.5) is 0 Å². The molecule has 0 saturated carbocycles. The Morgan fingerprint density at radius 2 is 1.61 bits per heavy atom. The summed E-state index contributed by atoms with van der Waals surface area (Å²) in [7, 11) is 0. The van der Waals surface area contributed by atoms with Crippen molar-refractivity contribution in [2.45, 2.75) is 72.3 Å². The second kappa shape index (κ2) is 13.1. The molecule has 2 aromatic heterocycles. The van der Waals surface area contributed by atoms with Gasteiger partial charge in [-0.2, -0.15) is 0 Å². The summed E-state index contributed by atoms with van der Waals surface area (Å²) in [5, 5.41) is 16.0. The molecule has 11 heteroatoms. The molecule has 4 heterocycles. The number of nitrogens with one attached hydrogen (secondary N) is 1. The molecule has 0 radical (unpaired) electrons. The number of pyridine rings is 1. The van der Waals surface area contributed by atoms with Crippen molar-refractivity contribution >= 4 is 52.4 Å². The Bertz CT molecular complexity index is 1300. The number of thiophene rings is 1. The first-order valence-electron chi connectivity index (χ1n) is 13.3. The van der Waals surface area contributed by atoms with Crippen molar-refractivity contribution in [3.63, 3.8) is 0 Å². The van der Waals surface area contributed by atoms with Gasteiger partial charge in [-0.05, 0) is 11.4 Å². The summed E-state index contributed by atoms with van der Waals surface area (Å²) in [5.74, 6) is -1.53. The summed E-state index contributed by atoms with van der Waals surface area (Å²) >= 11 is 2.93. The normalized spacial score (nSPS) is 18.5. The number of aliphatic carboxylic acids is 1. The molecule has 1 N–H and O–H groups in total. The van der Waals surface area contributed by atoms with Crippen molar-refractivity contribution in [2.24, 2.45) is 10.8 Å². The van der Waals surface area contributed by atoms with Gasteiger partial charge in [-0.3, -0.25) is 24.1 Å². The zero-order chi connectivity index (χ0) is 30.5. The lowest BCUT2D eigenvalue weighted by molar-refractivity contribution is -0.689. The van der Waals surface area contributed by atoms with E-state index in [2.05, 4.69) is 5.32 Å². The van der Waals surface area contributed by atoms with E-state index in [0.717, 1.165) is 4.88 Å². The maximum absolute atomic E-state index is 12.6. The molecule has 2 amide bonds. The second-order valence-electron chi connectivity index (χ2n) is 12.0. The molecular weight excluding hydrogens is 562 g/mol. The van der Waals surface area contributed by atoms with E-state index in [1.54, 1.807) is 0 Å². The minimum absolute atomic E-state index is 0.0208. The topological polar surface area (TPSA) is 128 Å². The third-order valence-corrected chi connectivity index (χ3v) is 8.83.